The van der Waals surface area contributed by atoms with E-state index in [2.05, 4.69) is 26.2 Å². The summed E-state index contributed by atoms with van der Waals surface area (Å²) in [4.78, 5) is 46.8. The van der Waals surface area contributed by atoms with Crippen LogP contribution in [0.2, 0.25) is 5.02 Å². The minimum atomic E-state index is -0.471. The molecule has 2 aromatic heterocycles. The smallest absolute Gasteiger partial charge is 0.261 e. The van der Waals surface area contributed by atoms with Crippen molar-refractivity contribution in [1.29, 1.82) is 0 Å². The first kappa shape index (κ1) is 24.9. The van der Waals surface area contributed by atoms with Crippen molar-refractivity contribution in [2.45, 2.75) is 12.5 Å². The minimum Gasteiger partial charge on any atom is -0.370 e. The number of hydrogen-bond acceptors (Lipinski definition) is 6. The summed E-state index contributed by atoms with van der Waals surface area (Å²) in [5.41, 5.74) is 2.11. The Morgan fingerprint density at radius 3 is 2.78 bits per heavy atom. The lowest BCUT2D eigenvalue weighted by Crippen LogP contribution is -2.41. The van der Waals surface area contributed by atoms with Crippen molar-refractivity contribution < 1.29 is 19.1 Å². The molecule has 0 radical (unpaired) electrons. The monoisotopic (exact) mass is 588 g/mol. The van der Waals surface area contributed by atoms with Crippen molar-refractivity contribution in [2.75, 3.05) is 36.1 Å². The van der Waals surface area contributed by atoms with Crippen LogP contribution in [0.1, 0.15) is 15.2 Å². The number of amides is 3. The lowest BCUT2D eigenvalue weighted by Gasteiger charge is -2.28. The quantitative estimate of drug-likeness (QED) is 0.471. The molecule has 1 N–H and O–H groups in total. The van der Waals surface area contributed by atoms with E-state index in [9.17, 15) is 14.4 Å². The van der Waals surface area contributed by atoms with Crippen LogP contribution in [0.15, 0.2) is 58.6 Å². The lowest BCUT2D eigenvalue weighted by molar-refractivity contribution is -0.125. The number of nitrogens with one attached hydrogen (secondary N) is 1. The number of hydrogen-bond donors (Lipinski definition) is 1. The van der Waals surface area contributed by atoms with Crippen molar-refractivity contribution >= 4 is 68.0 Å². The summed E-state index contributed by atoms with van der Waals surface area (Å²) in [5.74, 6) is -0.961. The SMILES string of the molecule is O=C(NC1CN(c2ccc(N3CCOCC3=O)c(Cl)c2)C(=O)C1Cc1cccnc1)c1ccc(Br)s1. The van der Waals surface area contributed by atoms with E-state index in [1.807, 2.05) is 18.2 Å². The number of pyridine rings is 1. The van der Waals surface area contributed by atoms with Crippen molar-refractivity contribution in [3.05, 3.63) is 74.1 Å². The first-order chi connectivity index (χ1) is 17.4. The second-order valence-electron chi connectivity index (χ2n) is 8.54. The van der Waals surface area contributed by atoms with E-state index in [-0.39, 0.29) is 24.3 Å². The molecule has 2 aliphatic rings. The molecule has 3 amide bonds. The number of thiophene rings is 1. The Labute approximate surface area is 225 Å². The van der Waals surface area contributed by atoms with Crippen LogP contribution in [0.25, 0.3) is 0 Å². The molecule has 3 aromatic rings. The molecule has 0 saturated carbocycles. The van der Waals surface area contributed by atoms with Gasteiger partial charge in [-0.05, 0) is 64.3 Å². The number of ether oxygens (including phenoxy) is 1. The normalized spacial score (nSPS) is 20.2. The molecule has 5 rings (SSSR count). The number of anilines is 2. The van der Waals surface area contributed by atoms with E-state index in [0.29, 0.717) is 47.4 Å². The maximum Gasteiger partial charge on any atom is 0.261 e. The fraction of sp³-hybridized carbons (Fsp3) is 0.280. The molecule has 2 unspecified atom stereocenters. The van der Waals surface area contributed by atoms with Crippen molar-refractivity contribution in [3.63, 3.8) is 0 Å². The third-order valence-corrected chi connectivity index (χ3v) is 8.18. The zero-order valence-electron chi connectivity index (χ0n) is 19.0. The van der Waals surface area contributed by atoms with Gasteiger partial charge in [0, 0.05) is 31.2 Å². The fourth-order valence-electron chi connectivity index (χ4n) is 4.50. The van der Waals surface area contributed by atoms with E-state index in [1.165, 1.54) is 11.3 Å². The summed E-state index contributed by atoms with van der Waals surface area (Å²) in [7, 11) is 0. The van der Waals surface area contributed by atoms with Gasteiger partial charge in [-0.2, -0.15) is 0 Å². The third-order valence-electron chi connectivity index (χ3n) is 6.26. The Bertz CT molecular complexity index is 1300. The van der Waals surface area contributed by atoms with Crippen LogP contribution < -0.4 is 15.1 Å². The molecule has 2 atom stereocenters. The fourth-order valence-corrected chi connectivity index (χ4v) is 6.06. The molecule has 8 nitrogen and oxygen atoms in total. The first-order valence-corrected chi connectivity index (χ1v) is 13.3. The highest BCUT2D eigenvalue weighted by atomic mass is 79.9. The number of rotatable bonds is 6. The maximum absolute atomic E-state index is 13.6. The Morgan fingerprint density at radius 1 is 1.22 bits per heavy atom. The second kappa shape index (κ2) is 10.7. The van der Waals surface area contributed by atoms with Crippen LogP contribution in [-0.4, -0.2) is 55.1 Å². The van der Waals surface area contributed by atoms with Crippen LogP contribution in [0, 0.1) is 5.92 Å². The Balaban J connectivity index is 1.40. The van der Waals surface area contributed by atoms with Gasteiger partial charge >= 0.3 is 0 Å². The Morgan fingerprint density at radius 2 is 2.08 bits per heavy atom. The average molecular weight is 590 g/mol. The number of nitrogens with zero attached hydrogens (tertiary/aromatic N) is 3. The van der Waals surface area contributed by atoms with Gasteiger partial charge in [0.25, 0.3) is 11.8 Å². The largest absolute Gasteiger partial charge is 0.370 e. The molecule has 4 heterocycles. The molecule has 1 aromatic carbocycles. The van der Waals surface area contributed by atoms with Crippen LogP contribution in [0.5, 0.6) is 0 Å². The van der Waals surface area contributed by atoms with Crippen molar-refractivity contribution in [3.8, 4) is 0 Å². The molecular formula is C25H22BrClN4O4S. The molecule has 36 heavy (non-hydrogen) atoms. The number of carbonyl (C=O) groups is 3. The highest BCUT2D eigenvalue weighted by Crippen LogP contribution is 2.35. The minimum absolute atomic E-state index is 0.0148. The van der Waals surface area contributed by atoms with Crippen LogP contribution in [0.4, 0.5) is 11.4 Å². The van der Waals surface area contributed by atoms with Crippen LogP contribution in [-0.2, 0) is 20.7 Å². The standard InChI is InChI=1S/C25H22BrClN4O4S/c26-22-6-5-21(36-22)24(33)29-19-13-31(25(34)17(19)10-15-2-1-7-28-12-15)16-3-4-20(18(27)11-16)30-8-9-35-14-23(30)32/h1-7,11-12,17,19H,8-10,13-14H2,(H,29,33). The summed E-state index contributed by atoms with van der Waals surface area (Å²) in [6.07, 6.45) is 3.86. The van der Waals surface area contributed by atoms with E-state index >= 15 is 0 Å². The number of aromatic nitrogens is 1. The number of carbonyl (C=O) groups excluding carboxylic acids is 3. The van der Waals surface area contributed by atoms with Gasteiger partial charge in [0.15, 0.2) is 0 Å². The van der Waals surface area contributed by atoms with Gasteiger partial charge in [0.05, 0.1) is 37.9 Å². The zero-order valence-corrected chi connectivity index (χ0v) is 22.2. The van der Waals surface area contributed by atoms with E-state index in [0.717, 1.165) is 9.35 Å². The number of morpholine rings is 1. The molecule has 0 aliphatic carbocycles. The summed E-state index contributed by atoms with van der Waals surface area (Å²) >= 11 is 11.3. The summed E-state index contributed by atoms with van der Waals surface area (Å²) in [6.45, 7) is 1.17. The third kappa shape index (κ3) is 5.17. The van der Waals surface area contributed by atoms with E-state index in [1.54, 1.807) is 46.5 Å². The van der Waals surface area contributed by atoms with Gasteiger partial charge in [0.2, 0.25) is 5.91 Å². The van der Waals surface area contributed by atoms with E-state index in [4.69, 9.17) is 16.3 Å². The number of halogens is 2. The van der Waals surface area contributed by atoms with E-state index < -0.39 is 12.0 Å². The topological polar surface area (TPSA) is 91.8 Å². The molecule has 0 spiro atoms. The van der Waals surface area contributed by atoms with Gasteiger partial charge < -0.3 is 19.9 Å². The molecule has 0 bridgehead atoms. The molecular weight excluding hydrogens is 568 g/mol. The van der Waals surface area contributed by atoms with Gasteiger partial charge in [-0.3, -0.25) is 19.4 Å². The second-order valence-corrected chi connectivity index (χ2v) is 11.4. The van der Waals surface area contributed by atoms with Crippen molar-refractivity contribution in [2.24, 2.45) is 5.92 Å². The highest BCUT2D eigenvalue weighted by molar-refractivity contribution is 9.11. The van der Waals surface area contributed by atoms with Crippen LogP contribution >= 0.6 is 38.9 Å². The van der Waals surface area contributed by atoms with Gasteiger partial charge in [-0.1, -0.05) is 17.7 Å². The van der Waals surface area contributed by atoms with Gasteiger partial charge in [0.1, 0.15) is 6.61 Å². The molecule has 2 saturated heterocycles. The predicted molar refractivity (Wildman–Crippen MR) is 142 cm³/mol. The van der Waals surface area contributed by atoms with Crippen molar-refractivity contribution in [1.82, 2.24) is 10.3 Å². The predicted octanol–water partition coefficient (Wildman–Crippen LogP) is 3.93. The maximum atomic E-state index is 13.6. The number of benzene rings is 1. The first-order valence-electron chi connectivity index (χ1n) is 11.3. The van der Waals surface area contributed by atoms with Crippen LogP contribution in [0.3, 0.4) is 0 Å². The highest BCUT2D eigenvalue weighted by Gasteiger charge is 2.42. The van der Waals surface area contributed by atoms with Gasteiger partial charge in [-0.25, -0.2) is 0 Å². The molecule has 2 aliphatic heterocycles. The van der Waals surface area contributed by atoms with Gasteiger partial charge in [-0.15, -0.1) is 11.3 Å². The summed E-state index contributed by atoms with van der Waals surface area (Å²) < 4.78 is 6.06. The lowest BCUT2D eigenvalue weighted by atomic mass is 9.95. The average Bonchev–Trinajstić information content (AvgIpc) is 3.44. The zero-order chi connectivity index (χ0) is 25.2. The molecule has 186 valence electrons. The molecule has 11 heteroatoms. The molecule has 2 fully saturated rings. The Hall–Kier alpha value is -2.79. The Kier molecular flexibility index (Phi) is 7.38. The summed E-state index contributed by atoms with van der Waals surface area (Å²) in [6, 6.07) is 12.1. The summed E-state index contributed by atoms with van der Waals surface area (Å²) in [5, 5.41) is 3.43.